The fraction of sp³-hybridized carbons (Fsp3) is 0.0556. The number of rotatable bonds is 3. The van der Waals surface area contributed by atoms with E-state index < -0.39 is 0 Å². The second-order valence-electron chi connectivity index (χ2n) is 4.52. The minimum Gasteiger partial charge on any atom is -0.294 e. The number of fused-ring (bicyclic) bond motifs is 1. The first-order valence-corrected chi connectivity index (χ1v) is 6.66. The molecular weight excluding hydrogens is 244 g/mol. The second kappa shape index (κ2) is 5.17. The molecule has 2 nitrogen and oxygen atoms in total. The Morgan fingerprint density at radius 3 is 2.40 bits per heavy atom. The summed E-state index contributed by atoms with van der Waals surface area (Å²) in [6, 6.07) is 18.6. The van der Waals surface area contributed by atoms with E-state index >= 15 is 0 Å². The van der Waals surface area contributed by atoms with Gasteiger partial charge in [0.2, 0.25) is 0 Å². The van der Waals surface area contributed by atoms with Crippen molar-refractivity contribution in [1.29, 1.82) is 0 Å². The Kier molecular flexibility index (Phi) is 3.21. The van der Waals surface area contributed by atoms with Gasteiger partial charge in [0.05, 0.1) is 5.52 Å². The molecule has 0 aliphatic rings. The zero-order valence-electron chi connectivity index (χ0n) is 11.5. The Labute approximate surface area is 118 Å². The van der Waals surface area contributed by atoms with Gasteiger partial charge in [0.1, 0.15) is 5.82 Å². The molecule has 0 unspecified atom stereocenters. The van der Waals surface area contributed by atoms with Crippen molar-refractivity contribution in [3.05, 3.63) is 66.7 Å². The molecule has 0 atom stereocenters. The van der Waals surface area contributed by atoms with E-state index in [1.165, 1.54) is 5.39 Å². The molecule has 0 fully saturated rings. The molecule has 2 heteroatoms. The highest BCUT2D eigenvalue weighted by atomic mass is 15.1. The van der Waals surface area contributed by atoms with Gasteiger partial charge in [-0.25, -0.2) is 4.99 Å². The Hall–Kier alpha value is -2.61. The summed E-state index contributed by atoms with van der Waals surface area (Å²) in [5.41, 5.74) is 3.33. The number of hydrogen-bond donors (Lipinski definition) is 0. The Morgan fingerprint density at radius 1 is 1.00 bits per heavy atom. The zero-order chi connectivity index (χ0) is 13.9. The lowest BCUT2D eigenvalue weighted by Gasteiger charge is -2.08. The summed E-state index contributed by atoms with van der Waals surface area (Å²) in [6.07, 6.45) is 3.70. The van der Waals surface area contributed by atoms with Crippen molar-refractivity contribution in [3.63, 3.8) is 0 Å². The van der Waals surface area contributed by atoms with Crippen LogP contribution in [-0.4, -0.2) is 10.8 Å². The minimum atomic E-state index is 0.926. The summed E-state index contributed by atoms with van der Waals surface area (Å²) in [6.45, 7) is 5.87. The molecule has 0 spiro atoms. The Balaban J connectivity index is 2.46. The van der Waals surface area contributed by atoms with Crippen LogP contribution in [-0.2, 0) is 0 Å². The summed E-state index contributed by atoms with van der Waals surface area (Å²) in [7, 11) is 0. The normalized spacial score (nSPS) is 11.2. The highest BCUT2D eigenvalue weighted by Crippen LogP contribution is 2.35. The molecule has 1 aromatic heterocycles. The quantitative estimate of drug-likeness (QED) is 0.590. The van der Waals surface area contributed by atoms with Crippen molar-refractivity contribution in [1.82, 2.24) is 4.57 Å². The van der Waals surface area contributed by atoms with Gasteiger partial charge in [0.15, 0.2) is 0 Å². The summed E-state index contributed by atoms with van der Waals surface area (Å²) in [4.78, 5) is 4.56. The monoisotopic (exact) mass is 260 g/mol. The van der Waals surface area contributed by atoms with Crippen LogP contribution >= 0.6 is 0 Å². The molecule has 0 aliphatic heterocycles. The standard InChI is InChI=1S/C18H16N2/c1-3-15-16-12-8-9-13-17(16)20(18(15)19-4-2)14-10-6-5-7-11-14/h3-13H,1H2,2H3/b19-4-. The predicted molar refractivity (Wildman–Crippen MR) is 87.2 cm³/mol. The molecule has 3 rings (SSSR count). The molecule has 0 bridgehead atoms. The SMILES string of the molecule is C=Cc1c(/N=C\C)n(-c2ccccc2)c2ccccc12. The minimum absolute atomic E-state index is 0.926. The maximum atomic E-state index is 4.56. The summed E-state index contributed by atoms with van der Waals surface area (Å²) in [5.74, 6) is 0.926. The third-order valence-electron chi connectivity index (χ3n) is 3.36. The van der Waals surface area contributed by atoms with E-state index in [4.69, 9.17) is 0 Å². The van der Waals surface area contributed by atoms with Crippen molar-refractivity contribution in [2.75, 3.05) is 0 Å². The van der Waals surface area contributed by atoms with Gasteiger partial charge in [-0.15, -0.1) is 0 Å². The molecular formula is C18H16N2. The first-order chi connectivity index (χ1) is 9.86. The van der Waals surface area contributed by atoms with Crippen molar-refractivity contribution in [3.8, 4) is 5.69 Å². The predicted octanol–water partition coefficient (Wildman–Crippen LogP) is 5.00. The van der Waals surface area contributed by atoms with E-state index in [1.807, 2.05) is 49.5 Å². The van der Waals surface area contributed by atoms with Crippen LogP contribution in [0.4, 0.5) is 5.82 Å². The first kappa shape index (κ1) is 12.4. The van der Waals surface area contributed by atoms with Crippen molar-refractivity contribution in [2.24, 2.45) is 4.99 Å². The molecule has 0 saturated carbocycles. The molecule has 20 heavy (non-hydrogen) atoms. The van der Waals surface area contributed by atoms with Crippen molar-refractivity contribution < 1.29 is 0 Å². The van der Waals surface area contributed by atoms with Crippen LogP contribution in [0.15, 0.2) is 66.2 Å². The third-order valence-corrected chi connectivity index (χ3v) is 3.36. The van der Waals surface area contributed by atoms with Gasteiger partial charge >= 0.3 is 0 Å². The number of hydrogen-bond acceptors (Lipinski definition) is 1. The molecule has 1 heterocycles. The molecule has 0 amide bonds. The van der Waals surface area contributed by atoms with Crippen LogP contribution in [0.1, 0.15) is 12.5 Å². The number of aliphatic imine (C=N–C) groups is 1. The maximum Gasteiger partial charge on any atom is 0.145 e. The van der Waals surface area contributed by atoms with Gasteiger partial charge in [0.25, 0.3) is 0 Å². The molecule has 2 aromatic carbocycles. The molecule has 3 aromatic rings. The number of nitrogens with zero attached hydrogens (tertiary/aromatic N) is 2. The summed E-state index contributed by atoms with van der Waals surface area (Å²) in [5, 5.41) is 1.17. The van der Waals surface area contributed by atoms with E-state index in [0.29, 0.717) is 0 Å². The lowest BCUT2D eigenvalue weighted by Crippen LogP contribution is -1.92. The van der Waals surface area contributed by atoms with Crippen LogP contribution in [0.25, 0.3) is 22.7 Å². The molecule has 98 valence electrons. The maximum absolute atomic E-state index is 4.56. The molecule has 0 N–H and O–H groups in total. The topological polar surface area (TPSA) is 17.3 Å². The van der Waals surface area contributed by atoms with E-state index in [-0.39, 0.29) is 0 Å². The lowest BCUT2D eigenvalue weighted by molar-refractivity contribution is 1.11. The van der Waals surface area contributed by atoms with Crippen LogP contribution in [0.2, 0.25) is 0 Å². The fourth-order valence-corrected chi connectivity index (χ4v) is 2.54. The van der Waals surface area contributed by atoms with Gasteiger partial charge < -0.3 is 0 Å². The van der Waals surface area contributed by atoms with Crippen LogP contribution < -0.4 is 0 Å². The van der Waals surface area contributed by atoms with Crippen molar-refractivity contribution >= 4 is 29.0 Å². The second-order valence-corrected chi connectivity index (χ2v) is 4.52. The zero-order valence-corrected chi connectivity index (χ0v) is 11.5. The van der Waals surface area contributed by atoms with Gasteiger partial charge in [-0.1, -0.05) is 49.1 Å². The van der Waals surface area contributed by atoms with E-state index in [1.54, 1.807) is 0 Å². The summed E-state index contributed by atoms with van der Waals surface area (Å²) < 4.78 is 2.17. The van der Waals surface area contributed by atoms with Crippen molar-refractivity contribution in [2.45, 2.75) is 6.92 Å². The molecule has 0 radical (unpaired) electrons. The highest BCUT2D eigenvalue weighted by Gasteiger charge is 2.14. The smallest absolute Gasteiger partial charge is 0.145 e. The van der Waals surface area contributed by atoms with Crippen LogP contribution in [0.5, 0.6) is 0 Å². The van der Waals surface area contributed by atoms with Gasteiger partial charge in [-0.2, -0.15) is 0 Å². The van der Waals surface area contributed by atoms with Gasteiger partial charge in [-0.3, -0.25) is 4.57 Å². The van der Waals surface area contributed by atoms with E-state index in [9.17, 15) is 0 Å². The van der Waals surface area contributed by atoms with E-state index in [2.05, 4.69) is 40.4 Å². The number of benzene rings is 2. The third kappa shape index (κ3) is 1.86. The average molecular weight is 260 g/mol. The van der Waals surface area contributed by atoms with Crippen LogP contribution in [0.3, 0.4) is 0 Å². The van der Waals surface area contributed by atoms with Gasteiger partial charge in [0, 0.05) is 22.9 Å². The number of aromatic nitrogens is 1. The Bertz CT molecular complexity index is 780. The fourth-order valence-electron chi connectivity index (χ4n) is 2.54. The highest BCUT2D eigenvalue weighted by molar-refractivity contribution is 5.97. The first-order valence-electron chi connectivity index (χ1n) is 6.66. The van der Waals surface area contributed by atoms with E-state index in [0.717, 1.165) is 22.6 Å². The number of para-hydroxylation sites is 2. The summed E-state index contributed by atoms with van der Waals surface area (Å²) >= 11 is 0. The Morgan fingerprint density at radius 2 is 1.70 bits per heavy atom. The van der Waals surface area contributed by atoms with Gasteiger partial charge in [-0.05, 0) is 25.1 Å². The molecule has 0 saturated heterocycles. The molecule has 0 aliphatic carbocycles. The lowest BCUT2D eigenvalue weighted by atomic mass is 10.1. The average Bonchev–Trinajstić information content (AvgIpc) is 2.82. The van der Waals surface area contributed by atoms with Crippen LogP contribution in [0, 0.1) is 0 Å². The largest absolute Gasteiger partial charge is 0.294 e.